The van der Waals surface area contributed by atoms with E-state index in [9.17, 15) is 4.79 Å². The van der Waals surface area contributed by atoms with Crippen molar-refractivity contribution in [2.75, 3.05) is 19.0 Å². The summed E-state index contributed by atoms with van der Waals surface area (Å²) in [6.45, 7) is 0. The zero-order chi connectivity index (χ0) is 13.8. The normalized spacial score (nSPS) is 22.9. The second kappa shape index (κ2) is 6.06. The zero-order valence-electron chi connectivity index (χ0n) is 11.7. The molecule has 0 aromatic heterocycles. The van der Waals surface area contributed by atoms with Gasteiger partial charge in [-0.25, -0.2) is 0 Å². The number of hydrogen-bond acceptors (Lipinski definition) is 3. The number of rotatable bonds is 3. The molecule has 1 aliphatic rings. The van der Waals surface area contributed by atoms with Crippen molar-refractivity contribution in [3.05, 3.63) is 29.8 Å². The molecule has 3 N–H and O–H groups in total. The number of hydrogen-bond donors (Lipinski definition) is 2. The van der Waals surface area contributed by atoms with Crippen molar-refractivity contribution in [2.24, 2.45) is 5.73 Å². The van der Waals surface area contributed by atoms with Gasteiger partial charge in [-0.2, -0.15) is 0 Å². The number of nitrogens with one attached hydrogen (secondary N) is 1. The molecule has 0 heterocycles. The Morgan fingerprint density at radius 3 is 2.63 bits per heavy atom. The second-order valence-corrected chi connectivity index (χ2v) is 5.44. The van der Waals surface area contributed by atoms with E-state index in [1.54, 1.807) is 0 Å². The van der Waals surface area contributed by atoms with E-state index in [1.165, 1.54) is 6.42 Å². The van der Waals surface area contributed by atoms with Crippen LogP contribution in [0, 0.1) is 0 Å². The van der Waals surface area contributed by atoms with Crippen molar-refractivity contribution in [1.82, 2.24) is 5.32 Å². The molecule has 0 radical (unpaired) electrons. The van der Waals surface area contributed by atoms with E-state index < -0.39 is 0 Å². The first-order valence-corrected chi connectivity index (χ1v) is 6.92. The lowest BCUT2D eigenvalue weighted by molar-refractivity contribution is 0.0922. The van der Waals surface area contributed by atoms with Crippen LogP contribution in [0.3, 0.4) is 0 Å². The van der Waals surface area contributed by atoms with Gasteiger partial charge in [0.25, 0.3) is 5.91 Å². The fraction of sp³-hybridized carbons (Fsp3) is 0.533. The molecule has 0 aliphatic heterocycles. The lowest BCUT2D eigenvalue weighted by Gasteiger charge is -2.29. The third-order valence-electron chi connectivity index (χ3n) is 3.77. The molecule has 19 heavy (non-hydrogen) atoms. The Kier molecular flexibility index (Phi) is 4.43. The summed E-state index contributed by atoms with van der Waals surface area (Å²) in [5, 5.41) is 3.09. The van der Waals surface area contributed by atoms with Crippen LogP contribution in [-0.4, -0.2) is 32.1 Å². The van der Waals surface area contributed by atoms with Gasteiger partial charge in [0.05, 0.1) is 5.56 Å². The first-order chi connectivity index (χ1) is 9.09. The van der Waals surface area contributed by atoms with E-state index >= 15 is 0 Å². The molecule has 1 aromatic rings. The van der Waals surface area contributed by atoms with Crippen LogP contribution in [0.4, 0.5) is 5.69 Å². The van der Waals surface area contributed by atoms with Gasteiger partial charge in [0.15, 0.2) is 0 Å². The van der Waals surface area contributed by atoms with Crippen LogP contribution in [0.1, 0.15) is 36.0 Å². The minimum Gasteiger partial charge on any atom is -0.377 e. The molecule has 104 valence electrons. The molecule has 2 atom stereocenters. The molecule has 1 fully saturated rings. The van der Waals surface area contributed by atoms with Gasteiger partial charge in [0.2, 0.25) is 0 Å². The van der Waals surface area contributed by atoms with Crippen LogP contribution >= 0.6 is 0 Å². The van der Waals surface area contributed by atoms with Crippen LogP contribution in [0.25, 0.3) is 0 Å². The predicted octanol–water partition coefficient (Wildman–Crippen LogP) is 1.75. The number of benzene rings is 1. The quantitative estimate of drug-likeness (QED) is 0.871. The van der Waals surface area contributed by atoms with Gasteiger partial charge in [0.1, 0.15) is 0 Å². The van der Waals surface area contributed by atoms with Crippen LogP contribution in [-0.2, 0) is 0 Å². The van der Waals surface area contributed by atoms with Crippen molar-refractivity contribution in [1.29, 1.82) is 0 Å². The average molecular weight is 261 g/mol. The Morgan fingerprint density at radius 2 is 1.95 bits per heavy atom. The third-order valence-corrected chi connectivity index (χ3v) is 3.77. The monoisotopic (exact) mass is 261 g/mol. The first kappa shape index (κ1) is 13.9. The Hall–Kier alpha value is -1.55. The molecule has 0 saturated heterocycles. The van der Waals surface area contributed by atoms with Crippen LogP contribution in [0.5, 0.6) is 0 Å². The summed E-state index contributed by atoms with van der Waals surface area (Å²) in [4.78, 5) is 14.3. The van der Waals surface area contributed by atoms with Crippen molar-refractivity contribution in [2.45, 2.75) is 37.8 Å². The summed E-state index contributed by atoms with van der Waals surface area (Å²) in [5.41, 5.74) is 7.73. The molecule has 4 nitrogen and oxygen atoms in total. The Labute approximate surface area is 115 Å². The molecule has 2 rings (SSSR count). The standard InChI is InChI=1S/C15H23N3O/c1-18(2)14-10-6-3-7-11(14)15(19)17-13-9-5-4-8-12(13)16/h3,6-7,10,12-13H,4-5,8-9,16H2,1-2H3,(H,17,19)/t12-,13-/m1/s1. The van der Waals surface area contributed by atoms with Gasteiger partial charge in [-0.3, -0.25) is 4.79 Å². The number of nitrogens with zero attached hydrogens (tertiary/aromatic N) is 1. The lowest BCUT2D eigenvalue weighted by atomic mass is 9.91. The fourth-order valence-corrected chi connectivity index (χ4v) is 2.64. The number of carbonyl (C=O) groups is 1. The summed E-state index contributed by atoms with van der Waals surface area (Å²) in [7, 11) is 3.89. The number of anilines is 1. The lowest BCUT2D eigenvalue weighted by Crippen LogP contribution is -2.49. The molecular weight excluding hydrogens is 238 g/mol. The van der Waals surface area contributed by atoms with Crippen LogP contribution in [0.2, 0.25) is 0 Å². The molecule has 4 heteroatoms. The fourth-order valence-electron chi connectivity index (χ4n) is 2.64. The average Bonchev–Trinajstić information content (AvgIpc) is 2.41. The highest BCUT2D eigenvalue weighted by Crippen LogP contribution is 2.20. The van der Waals surface area contributed by atoms with Gasteiger partial charge in [-0.05, 0) is 25.0 Å². The van der Waals surface area contributed by atoms with Gasteiger partial charge >= 0.3 is 0 Å². The molecule has 0 unspecified atom stereocenters. The van der Waals surface area contributed by atoms with Crippen LogP contribution < -0.4 is 16.0 Å². The molecule has 1 aromatic carbocycles. The maximum Gasteiger partial charge on any atom is 0.253 e. The predicted molar refractivity (Wildman–Crippen MR) is 78.5 cm³/mol. The van der Waals surface area contributed by atoms with Gasteiger partial charge in [-0.15, -0.1) is 0 Å². The van der Waals surface area contributed by atoms with E-state index in [0.717, 1.165) is 24.9 Å². The molecule has 1 amide bonds. The number of amides is 1. The molecule has 0 spiro atoms. The summed E-state index contributed by atoms with van der Waals surface area (Å²) in [5.74, 6) is -0.0216. The largest absolute Gasteiger partial charge is 0.377 e. The summed E-state index contributed by atoms with van der Waals surface area (Å²) < 4.78 is 0. The Morgan fingerprint density at radius 1 is 1.26 bits per heavy atom. The highest BCUT2D eigenvalue weighted by Gasteiger charge is 2.24. The van der Waals surface area contributed by atoms with Crippen molar-refractivity contribution in [3.63, 3.8) is 0 Å². The van der Waals surface area contributed by atoms with Gasteiger partial charge in [0, 0.05) is 31.9 Å². The van der Waals surface area contributed by atoms with E-state index in [2.05, 4.69) is 5.32 Å². The van der Waals surface area contributed by atoms with Gasteiger partial charge in [-0.1, -0.05) is 25.0 Å². The summed E-state index contributed by atoms with van der Waals surface area (Å²) in [6, 6.07) is 7.84. The maximum absolute atomic E-state index is 12.4. The molecule has 0 bridgehead atoms. The maximum atomic E-state index is 12.4. The van der Waals surface area contributed by atoms with Gasteiger partial charge < -0.3 is 16.0 Å². The minimum atomic E-state index is -0.0216. The highest BCUT2D eigenvalue weighted by molar-refractivity contribution is 5.99. The SMILES string of the molecule is CN(C)c1ccccc1C(=O)N[C@@H]1CCCC[C@H]1N. The van der Waals surface area contributed by atoms with Crippen molar-refractivity contribution < 1.29 is 4.79 Å². The minimum absolute atomic E-state index is 0.0216. The number of nitrogens with two attached hydrogens (primary N) is 1. The van der Waals surface area contributed by atoms with E-state index in [4.69, 9.17) is 5.73 Å². The third kappa shape index (κ3) is 3.26. The zero-order valence-corrected chi connectivity index (χ0v) is 11.7. The van der Waals surface area contributed by atoms with Crippen molar-refractivity contribution in [3.8, 4) is 0 Å². The molecule has 1 saturated carbocycles. The van der Waals surface area contributed by atoms with Crippen molar-refractivity contribution >= 4 is 11.6 Å². The summed E-state index contributed by atoms with van der Waals surface area (Å²) in [6.07, 6.45) is 4.30. The molecule has 1 aliphatic carbocycles. The highest BCUT2D eigenvalue weighted by atomic mass is 16.1. The summed E-state index contributed by atoms with van der Waals surface area (Å²) >= 11 is 0. The van der Waals surface area contributed by atoms with E-state index in [1.807, 2.05) is 43.3 Å². The topological polar surface area (TPSA) is 58.4 Å². The Balaban J connectivity index is 2.11. The molecular formula is C15H23N3O. The van der Waals surface area contributed by atoms with Crippen LogP contribution in [0.15, 0.2) is 24.3 Å². The first-order valence-electron chi connectivity index (χ1n) is 6.92. The number of carbonyl (C=O) groups excluding carboxylic acids is 1. The van der Waals surface area contributed by atoms with E-state index in [-0.39, 0.29) is 18.0 Å². The van der Waals surface area contributed by atoms with E-state index in [0.29, 0.717) is 5.56 Å². The smallest absolute Gasteiger partial charge is 0.253 e. The number of para-hydroxylation sites is 1. The Bertz CT molecular complexity index is 445. The second-order valence-electron chi connectivity index (χ2n) is 5.44.